The first-order valence-corrected chi connectivity index (χ1v) is 8.63. The molecule has 0 unspecified atom stereocenters. The summed E-state index contributed by atoms with van der Waals surface area (Å²) in [6, 6.07) is 3.96. The third-order valence-corrected chi connectivity index (χ3v) is 6.19. The lowest BCUT2D eigenvalue weighted by atomic mass is 9.56. The Morgan fingerprint density at radius 3 is 2.75 bits per heavy atom. The predicted molar refractivity (Wildman–Crippen MR) is 89.2 cm³/mol. The Morgan fingerprint density at radius 2 is 2.04 bits per heavy atom. The van der Waals surface area contributed by atoms with E-state index in [9.17, 15) is 14.7 Å². The van der Waals surface area contributed by atoms with Gasteiger partial charge in [0.25, 0.3) is 0 Å². The highest BCUT2D eigenvalue weighted by Crippen LogP contribution is 2.55. The Labute approximate surface area is 141 Å². The molecule has 4 rings (SSSR count). The zero-order valence-electron chi connectivity index (χ0n) is 14.3. The lowest BCUT2D eigenvalue weighted by molar-refractivity contribution is -0.136. The van der Waals surface area contributed by atoms with Crippen molar-refractivity contribution in [3.63, 3.8) is 0 Å². The van der Waals surface area contributed by atoms with E-state index in [0.717, 1.165) is 28.7 Å². The SMILES string of the molecule is CC(C)c1ccc2c(c1O)C(=O)C[C@H]1C3=C(CC[C@@]21C)C(=O)OC3. The summed E-state index contributed by atoms with van der Waals surface area (Å²) in [4.78, 5) is 24.7. The molecule has 0 amide bonds. The van der Waals surface area contributed by atoms with E-state index in [2.05, 4.69) is 6.92 Å². The topological polar surface area (TPSA) is 63.6 Å². The van der Waals surface area contributed by atoms with Gasteiger partial charge in [-0.15, -0.1) is 0 Å². The molecule has 24 heavy (non-hydrogen) atoms. The van der Waals surface area contributed by atoms with Crippen molar-refractivity contribution in [3.8, 4) is 5.75 Å². The molecule has 1 aliphatic heterocycles. The maximum absolute atomic E-state index is 12.8. The summed E-state index contributed by atoms with van der Waals surface area (Å²) in [5.74, 6) is 0.0572. The van der Waals surface area contributed by atoms with Crippen LogP contribution in [0.4, 0.5) is 0 Å². The average Bonchev–Trinajstić information content (AvgIpc) is 2.90. The number of ether oxygens (including phenoxy) is 1. The van der Waals surface area contributed by atoms with E-state index in [1.54, 1.807) is 0 Å². The third-order valence-electron chi connectivity index (χ3n) is 6.19. The van der Waals surface area contributed by atoms with Crippen molar-refractivity contribution >= 4 is 11.8 Å². The van der Waals surface area contributed by atoms with Gasteiger partial charge in [0.15, 0.2) is 5.78 Å². The maximum atomic E-state index is 12.8. The first kappa shape index (κ1) is 15.4. The number of cyclic esters (lactones) is 1. The molecule has 0 saturated heterocycles. The number of carbonyl (C=O) groups is 2. The molecule has 1 aromatic carbocycles. The Hall–Kier alpha value is -2.10. The number of fused-ring (bicyclic) bond motifs is 4. The van der Waals surface area contributed by atoms with Gasteiger partial charge in [-0.3, -0.25) is 4.79 Å². The molecule has 1 heterocycles. The van der Waals surface area contributed by atoms with Crippen molar-refractivity contribution in [3.05, 3.63) is 40.0 Å². The predicted octanol–water partition coefficient (Wildman–Crippen LogP) is 3.62. The summed E-state index contributed by atoms with van der Waals surface area (Å²) in [6.45, 7) is 6.49. The van der Waals surface area contributed by atoms with E-state index in [-0.39, 0.29) is 34.8 Å². The van der Waals surface area contributed by atoms with Gasteiger partial charge >= 0.3 is 5.97 Å². The molecule has 0 aromatic heterocycles. The van der Waals surface area contributed by atoms with Gasteiger partial charge in [0.05, 0.1) is 5.56 Å². The molecule has 4 nitrogen and oxygen atoms in total. The van der Waals surface area contributed by atoms with E-state index < -0.39 is 0 Å². The quantitative estimate of drug-likeness (QED) is 0.801. The van der Waals surface area contributed by atoms with Crippen LogP contribution in [0.3, 0.4) is 0 Å². The molecule has 0 spiro atoms. The number of Topliss-reactive ketones (excluding diaryl/α,β-unsaturated/α-hetero) is 1. The maximum Gasteiger partial charge on any atom is 0.334 e. The number of phenolic OH excluding ortho intramolecular Hbond substituents is 1. The fourth-order valence-electron chi connectivity index (χ4n) is 4.76. The molecule has 0 fully saturated rings. The van der Waals surface area contributed by atoms with E-state index in [1.807, 2.05) is 26.0 Å². The van der Waals surface area contributed by atoms with Crippen LogP contribution in [0, 0.1) is 5.92 Å². The number of aromatic hydroxyl groups is 1. The number of ketones is 1. The van der Waals surface area contributed by atoms with Gasteiger partial charge in [-0.2, -0.15) is 0 Å². The molecule has 3 aliphatic rings. The molecular formula is C20H22O4. The summed E-state index contributed by atoms with van der Waals surface area (Å²) in [5.41, 5.74) is 3.78. The molecule has 0 bridgehead atoms. The number of carbonyl (C=O) groups excluding carboxylic acids is 2. The van der Waals surface area contributed by atoms with E-state index in [0.29, 0.717) is 25.0 Å². The molecule has 0 saturated carbocycles. The Kier molecular flexibility index (Phi) is 3.18. The van der Waals surface area contributed by atoms with Gasteiger partial charge in [-0.1, -0.05) is 32.9 Å². The van der Waals surface area contributed by atoms with Crippen molar-refractivity contribution in [2.24, 2.45) is 5.92 Å². The Bertz CT molecular complexity index is 802. The lowest BCUT2D eigenvalue weighted by Gasteiger charge is -2.46. The summed E-state index contributed by atoms with van der Waals surface area (Å²) in [5, 5.41) is 10.7. The molecule has 2 atom stereocenters. The number of esters is 1. The highest BCUT2D eigenvalue weighted by molar-refractivity contribution is 6.03. The molecule has 1 aromatic rings. The Balaban J connectivity index is 1.90. The Morgan fingerprint density at radius 1 is 1.29 bits per heavy atom. The second-order valence-corrected chi connectivity index (χ2v) is 7.76. The van der Waals surface area contributed by atoms with Crippen LogP contribution in [0.1, 0.15) is 67.4 Å². The second kappa shape index (κ2) is 4.95. The van der Waals surface area contributed by atoms with Crippen LogP contribution in [-0.4, -0.2) is 23.5 Å². The summed E-state index contributed by atoms with van der Waals surface area (Å²) in [6.07, 6.45) is 1.82. The van der Waals surface area contributed by atoms with Crippen LogP contribution in [0.15, 0.2) is 23.3 Å². The standard InChI is InChI=1S/C20H22O4/c1-10(2)11-4-5-14-17(18(11)22)16(21)8-15-13-9-24-19(23)12(13)6-7-20(14,15)3/h4-5,10,15,22H,6-9H2,1-3H3/t15-,20-/m0/s1. The van der Waals surface area contributed by atoms with E-state index >= 15 is 0 Å². The van der Waals surface area contributed by atoms with Gasteiger partial charge in [0.2, 0.25) is 0 Å². The van der Waals surface area contributed by atoms with Crippen LogP contribution in [0.25, 0.3) is 0 Å². The molecule has 0 radical (unpaired) electrons. The van der Waals surface area contributed by atoms with Gasteiger partial charge in [-0.05, 0) is 35.5 Å². The number of hydrogen-bond donors (Lipinski definition) is 1. The highest BCUT2D eigenvalue weighted by atomic mass is 16.5. The third kappa shape index (κ3) is 1.86. The monoisotopic (exact) mass is 326 g/mol. The van der Waals surface area contributed by atoms with Crippen LogP contribution in [-0.2, 0) is 14.9 Å². The number of hydrogen-bond acceptors (Lipinski definition) is 4. The molecule has 2 aliphatic carbocycles. The normalized spacial score (nSPS) is 28.6. The molecular weight excluding hydrogens is 304 g/mol. The fraction of sp³-hybridized carbons (Fsp3) is 0.500. The zero-order chi connectivity index (χ0) is 17.2. The van der Waals surface area contributed by atoms with Crippen molar-refractivity contribution in [1.29, 1.82) is 0 Å². The van der Waals surface area contributed by atoms with Gasteiger partial charge in [-0.25, -0.2) is 4.79 Å². The minimum Gasteiger partial charge on any atom is -0.507 e. The molecule has 1 N–H and O–H groups in total. The number of phenols is 1. The van der Waals surface area contributed by atoms with Gasteiger partial charge < -0.3 is 9.84 Å². The average molecular weight is 326 g/mol. The summed E-state index contributed by atoms with van der Waals surface area (Å²) >= 11 is 0. The van der Waals surface area contributed by atoms with Crippen LogP contribution >= 0.6 is 0 Å². The minimum atomic E-state index is -0.233. The van der Waals surface area contributed by atoms with Crippen LogP contribution < -0.4 is 0 Å². The first-order valence-electron chi connectivity index (χ1n) is 8.63. The van der Waals surface area contributed by atoms with Crippen molar-refractivity contribution in [2.75, 3.05) is 6.61 Å². The van der Waals surface area contributed by atoms with Crippen LogP contribution in [0.5, 0.6) is 5.75 Å². The van der Waals surface area contributed by atoms with Gasteiger partial charge in [0.1, 0.15) is 12.4 Å². The van der Waals surface area contributed by atoms with E-state index in [1.165, 1.54) is 0 Å². The second-order valence-electron chi connectivity index (χ2n) is 7.76. The number of benzene rings is 1. The lowest BCUT2D eigenvalue weighted by Crippen LogP contribution is -2.43. The van der Waals surface area contributed by atoms with Crippen molar-refractivity contribution in [2.45, 2.75) is 51.4 Å². The summed E-state index contributed by atoms with van der Waals surface area (Å²) in [7, 11) is 0. The molecule has 4 heteroatoms. The summed E-state index contributed by atoms with van der Waals surface area (Å²) < 4.78 is 5.22. The zero-order valence-corrected chi connectivity index (χ0v) is 14.3. The van der Waals surface area contributed by atoms with E-state index in [4.69, 9.17) is 4.74 Å². The largest absolute Gasteiger partial charge is 0.507 e. The fourth-order valence-corrected chi connectivity index (χ4v) is 4.76. The van der Waals surface area contributed by atoms with Crippen LogP contribution in [0.2, 0.25) is 0 Å². The minimum absolute atomic E-state index is 0.00278. The van der Waals surface area contributed by atoms with Gasteiger partial charge in [0, 0.05) is 23.3 Å². The smallest absolute Gasteiger partial charge is 0.334 e. The molecule has 126 valence electrons. The van der Waals surface area contributed by atoms with Crippen molar-refractivity contribution < 1.29 is 19.4 Å². The number of rotatable bonds is 1. The first-order chi connectivity index (χ1) is 11.3. The van der Waals surface area contributed by atoms with Crippen molar-refractivity contribution in [1.82, 2.24) is 0 Å². The highest BCUT2D eigenvalue weighted by Gasteiger charge is 2.51.